The second kappa shape index (κ2) is 9.52. The number of aryl methyl sites for hydroxylation is 1. The molecular formula is C24H22N2O7S. The lowest BCUT2D eigenvalue weighted by Crippen LogP contribution is -2.29. The van der Waals surface area contributed by atoms with Crippen LogP contribution in [0.1, 0.15) is 46.6 Å². The van der Waals surface area contributed by atoms with Crippen LogP contribution in [0.15, 0.2) is 52.7 Å². The zero-order chi connectivity index (χ0) is 24.4. The zero-order valence-electron chi connectivity index (χ0n) is 18.7. The number of ketones is 1. The lowest BCUT2D eigenvalue weighted by Gasteiger charge is -2.20. The highest BCUT2D eigenvalue weighted by molar-refractivity contribution is 7.17. The van der Waals surface area contributed by atoms with Gasteiger partial charge in [0.15, 0.2) is 5.13 Å². The molecule has 34 heavy (non-hydrogen) atoms. The Labute approximate surface area is 199 Å². The van der Waals surface area contributed by atoms with Gasteiger partial charge in [-0.1, -0.05) is 11.3 Å². The summed E-state index contributed by atoms with van der Waals surface area (Å²) in [6.07, 6.45) is 1.41. The molecule has 1 N–H and O–H groups in total. The Morgan fingerprint density at radius 3 is 2.53 bits per heavy atom. The molecule has 1 saturated heterocycles. The molecule has 1 aliphatic heterocycles. The number of carbonyl (C=O) groups excluding carboxylic acids is 3. The van der Waals surface area contributed by atoms with E-state index < -0.39 is 23.7 Å². The molecule has 2 aromatic heterocycles. The average Bonchev–Trinajstić information content (AvgIpc) is 3.53. The van der Waals surface area contributed by atoms with Crippen molar-refractivity contribution < 1.29 is 33.4 Å². The van der Waals surface area contributed by atoms with Crippen molar-refractivity contribution in [3.63, 3.8) is 0 Å². The van der Waals surface area contributed by atoms with Gasteiger partial charge in [-0.05, 0) is 57.2 Å². The number of amides is 1. The molecule has 3 aromatic rings. The minimum atomic E-state index is -1.07. The predicted molar refractivity (Wildman–Crippen MR) is 124 cm³/mol. The number of carbonyl (C=O) groups is 3. The van der Waals surface area contributed by atoms with Gasteiger partial charge >= 0.3 is 11.9 Å². The van der Waals surface area contributed by atoms with Crippen LogP contribution in [0.4, 0.5) is 5.13 Å². The van der Waals surface area contributed by atoms with Crippen molar-refractivity contribution in [3.05, 3.63) is 70.1 Å². The van der Waals surface area contributed by atoms with E-state index in [1.54, 1.807) is 50.2 Å². The fourth-order valence-electron chi connectivity index (χ4n) is 3.65. The number of hydrogen-bond acceptors (Lipinski definition) is 9. The maximum Gasteiger partial charge on any atom is 0.350 e. The number of anilines is 1. The van der Waals surface area contributed by atoms with Crippen LogP contribution < -0.4 is 9.64 Å². The number of ether oxygens (including phenoxy) is 2. The highest BCUT2D eigenvalue weighted by Crippen LogP contribution is 2.44. The molecule has 0 spiro atoms. The van der Waals surface area contributed by atoms with Gasteiger partial charge in [0.2, 0.25) is 0 Å². The quantitative estimate of drug-likeness (QED) is 0.230. The van der Waals surface area contributed by atoms with Gasteiger partial charge in [0.1, 0.15) is 28.2 Å². The van der Waals surface area contributed by atoms with Gasteiger partial charge in [0, 0.05) is 5.56 Å². The minimum Gasteiger partial charge on any atom is -0.507 e. The highest BCUT2D eigenvalue weighted by Gasteiger charge is 2.49. The third-order valence-corrected chi connectivity index (χ3v) is 6.28. The molecule has 1 atom stereocenters. The Morgan fingerprint density at radius 2 is 1.91 bits per heavy atom. The summed E-state index contributed by atoms with van der Waals surface area (Å²) in [5.41, 5.74) is 0.556. The SMILES string of the molecule is CCOC(=O)c1sc(N2C(=O)C(=O)/C(=C(/O)c3ccc(OCC)cc3)[C@@H]2c2ccco2)nc1C. The van der Waals surface area contributed by atoms with Crippen LogP contribution >= 0.6 is 11.3 Å². The monoisotopic (exact) mass is 482 g/mol. The summed E-state index contributed by atoms with van der Waals surface area (Å²) in [5, 5.41) is 11.2. The van der Waals surface area contributed by atoms with Crippen LogP contribution in [0.2, 0.25) is 0 Å². The Balaban J connectivity index is 1.83. The molecule has 1 aliphatic rings. The largest absolute Gasteiger partial charge is 0.507 e. The first kappa shape index (κ1) is 23.2. The molecule has 4 rings (SSSR count). The number of hydrogen-bond donors (Lipinski definition) is 1. The molecule has 0 radical (unpaired) electrons. The van der Waals surface area contributed by atoms with E-state index in [0.717, 1.165) is 16.2 Å². The summed E-state index contributed by atoms with van der Waals surface area (Å²) in [4.78, 5) is 44.2. The summed E-state index contributed by atoms with van der Waals surface area (Å²) < 4.78 is 16.0. The summed E-state index contributed by atoms with van der Waals surface area (Å²) in [6, 6.07) is 8.66. The molecule has 1 fully saturated rings. The number of aliphatic hydroxyl groups is 1. The van der Waals surface area contributed by atoms with Crippen molar-refractivity contribution in [2.24, 2.45) is 0 Å². The molecule has 0 saturated carbocycles. The molecule has 0 bridgehead atoms. The van der Waals surface area contributed by atoms with Gasteiger partial charge in [-0.15, -0.1) is 0 Å². The number of esters is 1. The Morgan fingerprint density at radius 1 is 1.18 bits per heavy atom. The second-order valence-electron chi connectivity index (χ2n) is 7.27. The first-order valence-electron chi connectivity index (χ1n) is 10.6. The van der Waals surface area contributed by atoms with Crippen LogP contribution in [0, 0.1) is 6.92 Å². The Bertz CT molecular complexity index is 1260. The fourth-order valence-corrected chi connectivity index (χ4v) is 4.64. The number of aromatic nitrogens is 1. The van der Waals surface area contributed by atoms with Crippen LogP contribution in [0.3, 0.4) is 0 Å². The minimum absolute atomic E-state index is 0.120. The topological polar surface area (TPSA) is 119 Å². The number of aliphatic hydroxyl groups excluding tert-OH is 1. The second-order valence-corrected chi connectivity index (χ2v) is 8.25. The van der Waals surface area contributed by atoms with Crippen LogP contribution in [0.5, 0.6) is 5.75 Å². The van der Waals surface area contributed by atoms with Crippen molar-refractivity contribution in [3.8, 4) is 5.75 Å². The normalized spacial score (nSPS) is 17.3. The van der Waals surface area contributed by atoms with Crippen LogP contribution in [-0.4, -0.2) is 41.0 Å². The first-order chi connectivity index (χ1) is 16.4. The van der Waals surface area contributed by atoms with E-state index in [9.17, 15) is 19.5 Å². The summed E-state index contributed by atoms with van der Waals surface area (Å²) in [6.45, 7) is 5.82. The summed E-state index contributed by atoms with van der Waals surface area (Å²) >= 11 is 0.933. The smallest absolute Gasteiger partial charge is 0.350 e. The third-order valence-electron chi connectivity index (χ3n) is 5.15. The van der Waals surface area contributed by atoms with E-state index in [0.29, 0.717) is 23.6 Å². The van der Waals surface area contributed by atoms with Crippen molar-refractivity contribution in [2.75, 3.05) is 18.1 Å². The van der Waals surface area contributed by atoms with E-state index >= 15 is 0 Å². The van der Waals surface area contributed by atoms with Gasteiger partial charge in [-0.3, -0.25) is 14.5 Å². The number of benzene rings is 1. The van der Waals surface area contributed by atoms with Crippen molar-refractivity contribution >= 4 is 39.9 Å². The number of nitrogens with zero attached hydrogens (tertiary/aromatic N) is 2. The summed E-state index contributed by atoms with van der Waals surface area (Å²) in [7, 11) is 0. The van der Waals surface area contributed by atoms with Crippen molar-refractivity contribution in [1.29, 1.82) is 0 Å². The standard InChI is InChI=1S/C24H22N2O7S/c1-4-31-15-10-8-14(9-11-15)19(27)17-18(16-7-6-12-33-16)26(22(29)20(17)28)24-25-13(3)21(34-24)23(30)32-5-2/h6-12,18,27H,4-5H2,1-3H3/b19-17+/t18-/m0/s1. The van der Waals surface area contributed by atoms with Crippen molar-refractivity contribution in [2.45, 2.75) is 26.8 Å². The van der Waals surface area contributed by atoms with E-state index in [-0.39, 0.29) is 33.7 Å². The highest BCUT2D eigenvalue weighted by atomic mass is 32.1. The van der Waals surface area contributed by atoms with Crippen molar-refractivity contribution in [1.82, 2.24) is 4.98 Å². The van der Waals surface area contributed by atoms with Gasteiger partial charge in [0.25, 0.3) is 5.78 Å². The first-order valence-corrected chi connectivity index (χ1v) is 11.4. The van der Waals surface area contributed by atoms with Crippen LogP contribution in [0.25, 0.3) is 5.76 Å². The molecule has 0 unspecified atom stereocenters. The van der Waals surface area contributed by atoms with Gasteiger partial charge in [-0.2, -0.15) is 0 Å². The third kappa shape index (κ3) is 4.08. The molecule has 176 valence electrons. The lowest BCUT2D eigenvalue weighted by atomic mass is 9.99. The average molecular weight is 483 g/mol. The number of rotatable bonds is 7. The fraction of sp³-hybridized carbons (Fsp3) is 0.250. The summed E-state index contributed by atoms with van der Waals surface area (Å²) in [5.74, 6) is -1.84. The Hall–Kier alpha value is -3.92. The molecule has 1 aromatic carbocycles. The van der Waals surface area contributed by atoms with Gasteiger partial charge in [0.05, 0.1) is 30.7 Å². The van der Waals surface area contributed by atoms with Gasteiger partial charge in [-0.25, -0.2) is 9.78 Å². The lowest BCUT2D eigenvalue weighted by molar-refractivity contribution is -0.132. The molecule has 10 heteroatoms. The molecule has 3 heterocycles. The predicted octanol–water partition coefficient (Wildman–Crippen LogP) is 4.25. The number of thiazole rings is 1. The molecular weight excluding hydrogens is 460 g/mol. The zero-order valence-corrected chi connectivity index (χ0v) is 19.5. The van der Waals surface area contributed by atoms with Gasteiger partial charge < -0.3 is 19.0 Å². The maximum absolute atomic E-state index is 13.1. The van der Waals surface area contributed by atoms with E-state index in [1.165, 1.54) is 6.26 Å². The molecule has 9 nitrogen and oxygen atoms in total. The maximum atomic E-state index is 13.1. The van der Waals surface area contributed by atoms with E-state index in [2.05, 4.69) is 4.98 Å². The number of Topliss-reactive ketones (excluding diaryl/α,β-unsaturated/α-hetero) is 1. The van der Waals surface area contributed by atoms with E-state index in [4.69, 9.17) is 13.9 Å². The number of furan rings is 1. The molecule has 0 aliphatic carbocycles. The molecule has 1 amide bonds. The van der Waals surface area contributed by atoms with Crippen LogP contribution in [-0.2, 0) is 14.3 Å². The Kier molecular flexibility index (Phi) is 6.51. The van der Waals surface area contributed by atoms with E-state index in [1.807, 2.05) is 6.92 Å².